The predicted octanol–water partition coefficient (Wildman–Crippen LogP) is 3.55. The third-order valence-corrected chi connectivity index (χ3v) is 7.11. The molecule has 3 heterocycles. The van der Waals surface area contributed by atoms with Crippen molar-refractivity contribution in [3.8, 4) is 0 Å². The number of amides is 2. The molecule has 2 aromatic rings. The van der Waals surface area contributed by atoms with E-state index < -0.39 is 17.9 Å². The van der Waals surface area contributed by atoms with E-state index in [2.05, 4.69) is 15.9 Å². The van der Waals surface area contributed by atoms with Crippen LogP contribution in [0, 0.1) is 11.8 Å². The Morgan fingerprint density at radius 2 is 1.81 bits per heavy atom. The van der Waals surface area contributed by atoms with Crippen molar-refractivity contribution in [2.24, 2.45) is 11.8 Å². The van der Waals surface area contributed by atoms with Crippen molar-refractivity contribution in [1.29, 1.82) is 0 Å². The molecule has 0 saturated carbocycles. The van der Waals surface area contributed by atoms with E-state index in [-0.39, 0.29) is 23.6 Å². The molecule has 4 atom stereocenters. The molecule has 6 nitrogen and oxygen atoms in total. The van der Waals surface area contributed by atoms with Gasteiger partial charge < -0.3 is 9.64 Å². The largest absolute Gasteiger partial charge is 0.385 e. The first-order valence-corrected chi connectivity index (χ1v) is 11.5. The molecule has 2 amide bonds. The summed E-state index contributed by atoms with van der Waals surface area (Å²) in [7, 11) is 1.59. The van der Waals surface area contributed by atoms with Gasteiger partial charge in [0.1, 0.15) is 6.04 Å². The number of nitrogens with zero attached hydrogens (tertiary/aromatic N) is 2. The smallest absolute Gasteiger partial charge is 0.235 e. The standard InChI is InChI=1S/C25H23BrN2O4/c1-32-13-5-12-27-24(30)20-19-10-8-16-14-17(26)9-11-18(16)28(19)22(21(20)25(27)31)23(29)15-6-3-2-4-7-15/h2-4,6-11,14,19-22H,5,12-13H2,1H3/t19-,20+,21+,22+/m1/s1. The Kier molecular flexibility index (Phi) is 5.47. The SMILES string of the molecule is COCCCN1C(=O)[C@@H]2[C@H](C1=O)[C@@H](C(=O)c1ccccc1)N1c3ccc(Br)cc3C=C[C@H]21. The second kappa shape index (κ2) is 8.30. The number of benzene rings is 2. The molecule has 5 rings (SSSR count). The Morgan fingerprint density at radius 3 is 2.56 bits per heavy atom. The van der Waals surface area contributed by atoms with Gasteiger partial charge in [0.15, 0.2) is 5.78 Å². The first kappa shape index (κ1) is 21.1. The van der Waals surface area contributed by atoms with Crippen molar-refractivity contribution < 1.29 is 19.1 Å². The highest BCUT2D eigenvalue weighted by Gasteiger charge is 2.63. The van der Waals surface area contributed by atoms with Gasteiger partial charge in [-0.05, 0) is 30.2 Å². The normalized spacial score (nSPS) is 25.7. The van der Waals surface area contributed by atoms with Gasteiger partial charge in [0.05, 0.1) is 17.9 Å². The number of halogens is 1. The molecule has 3 aliphatic rings. The number of rotatable bonds is 6. The monoisotopic (exact) mass is 494 g/mol. The van der Waals surface area contributed by atoms with Gasteiger partial charge in [-0.15, -0.1) is 0 Å². The van der Waals surface area contributed by atoms with Crippen molar-refractivity contribution in [2.75, 3.05) is 25.2 Å². The van der Waals surface area contributed by atoms with Crippen molar-refractivity contribution in [1.82, 2.24) is 4.90 Å². The Bertz CT molecular complexity index is 1120. The van der Waals surface area contributed by atoms with Crippen LogP contribution in [0.25, 0.3) is 6.08 Å². The fourth-order valence-corrected chi connectivity index (χ4v) is 5.65. The maximum atomic E-state index is 13.8. The average molecular weight is 495 g/mol. The van der Waals surface area contributed by atoms with Crippen molar-refractivity contribution in [3.63, 3.8) is 0 Å². The maximum Gasteiger partial charge on any atom is 0.235 e. The number of carbonyl (C=O) groups excluding carboxylic acids is 3. The van der Waals surface area contributed by atoms with Crippen LogP contribution in [0.1, 0.15) is 22.3 Å². The fraction of sp³-hybridized carbons (Fsp3) is 0.320. The number of likely N-dealkylation sites (tertiary alicyclic amines) is 1. The summed E-state index contributed by atoms with van der Waals surface area (Å²) in [6, 6.07) is 13.8. The van der Waals surface area contributed by atoms with E-state index in [9.17, 15) is 14.4 Å². The molecule has 3 aliphatic heterocycles. The molecule has 0 radical (unpaired) electrons. The Morgan fingerprint density at radius 1 is 1.06 bits per heavy atom. The Hall–Kier alpha value is -2.77. The summed E-state index contributed by atoms with van der Waals surface area (Å²) in [5.74, 6) is -1.86. The molecule has 32 heavy (non-hydrogen) atoms. The molecule has 0 aliphatic carbocycles. The molecular weight excluding hydrogens is 472 g/mol. The molecule has 164 valence electrons. The number of methoxy groups -OCH3 is 1. The summed E-state index contributed by atoms with van der Waals surface area (Å²) < 4.78 is 6.02. The Labute approximate surface area is 195 Å². The molecule has 0 unspecified atom stereocenters. The number of ketones is 1. The van der Waals surface area contributed by atoms with Gasteiger partial charge in [0, 0.05) is 36.0 Å². The van der Waals surface area contributed by atoms with Gasteiger partial charge in [0.2, 0.25) is 11.8 Å². The molecule has 0 spiro atoms. The highest BCUT2D eigenvalue weighted by molar-refractivity contribution is 9.10. The lowest BCUT2D eigenvalue weighted by Gasteiger charge is -2.36. The summed E-state index contributed by atoms with van der Waals surface area (Å²) in [6.45, 7) is 0.779. The van der Waals surface area contributed by atoms with Crippen LogP contribution in [0.5, 0.6) is 0 Å². The number of hydrogen-bond acceptors (Lipinski definition) is 5. The van der Waals surface area contributed by atoms with E-state index in [1.807, 2.05) is 53.5 Å². The average Bonchev–Trinajstić information content (AvgIpc) is 3.27. The summed E-state index contributed by atoms with van der Waals surface area (Å²) in [6.07, 6.45) is 4.53. The van der Waals surface area contributed by atoms with Gasteiger partial charge in [-0.25, -0.2) is 0 Å². The van der Waals surface area contributed by atoms with Gasteiger partial charge in [-0.1, -0.05) is 58.4 Å². The minimum Gasteiger partial charge on any atom is -0.385 e. The predicted molar refractivity (Wildman–Crippen MR) is 124 cm³/mol. The zero-order valence-electron chi connectivity index (χ0n) is 17.6. The van der Waals surface area contributed by atoms with E-state index in [0.717, 1.165) is 15.7 Å². The second-order valence-corrected chi connectivity index (χ2v) is 9.28. The van der Waals surface area contributed by atoms with E-state index in [1.165, 1.54) is 4.90 Å². The summed E-state index contributed by atoms with van der Waals surface area (Å²) in [5, 5.41) is 0. The van der Waals surface area contributed by atoms with E-state index in [4.69, 9.17) is 4.74 Å². The minimum absolute atomic E-state index is 0.132. The number of carbonyl (C=O) groups is 3. The molecule has 2 aromatic carbocycles. The van der Waals surface area contributed by atoms with Crippen LogP contribution in [0.15, 0.2) is 59.1 Å². The van der Waals surface area contributed by atoms with Gasteiger partial charge in [-0.3, -0.25) is 19.3 Å². The lowest BCUT2D eigenvalue weighted by Crippen LogP contribution is -2.48. The number of anilines is 1. The first-order valence-electron chi connectivity index (χ1n) is 10.7. The van der Waals surface area contributed by atoms with Crippen molar-refractivity contribution in [2.45, 2.75) is 18.5 Å². The number of hydrogen-bond donors (Lipinski definition) is 0. The quantitative estimate of drug-likeness (QED) is 0.349. The molecule has 2 saturated heterocycles. The lowest BCUT2D eigenvalue weighted by molar-refractivity contribution is -0.140. The topological polar surface area (TPSA) is 66.9 Å². The van der Waals surface area contributed by atoms with Crippen LogP contribution in [-0.2, 0) is 14.3 Å². The van der Waals surface area contributed by atoms with Crippen LogP contribution in [0.3, 0.4) is 0 Å². The van der Waals surface area contributed by atoms with Crippen molar-refractivity contribution >= 4 is 45.3 Å². The van der Waals surface area contributed by atoms with Crippen LogP contribution in [0.2, 0.25) is 0 Å². The molecule has 0 N–H and O–H groups in total. The Balaban J connectivity index is 1.59. The number of ether oxygens (including phenoxy) is 1. The van der Waals surface area contributed by atoms with Crippen LogP contribution < -0.4 is 4.90 Å². The number of Topliss-reactive ketones (excluding diaryl/α,β-unsaturated/α-hetero) is 1. The summed E-state index contributed by atoms with van der Waals surface area (Å²) in [4.78, 5) is 44.0. The number of fused-ring (bicyclic) bond motifs is 5. The first-order chi connectivity index (χ1) is 15.5. The number of imide groups is 1. The van der Waals surface area contributed by atoms with Crippen LogP contribution in [0.4, 0.5) is 5.69 Å². The lowest BCUT2D eigenvalue weighted by atomic mass is 9.86. The van der Waals surface area contributed by atoms with E-state index >= 15 is 0 Å². The molecule has 7 heteroatoms. The minimum atomic E-state index is -0.735. The molecular formula is C25H23BrN2O4. The highest BCUT2D eigenvalue weighted by atomic mass is 79.9. The maximum absolute atomic E-state index is 13.8. The summed E-state index contributed by atoms with van der Waals surface area (Å²) >= 11 is 3.50. The third kappa shape index (κ3) is 3.22. The van der Waals surface area contributed by atoms with Crippen molar-refractivity contribution in [3.05, 3.63) is 70.2 Å². The molecule has 0 bridgehead atoms. The summed E-state index contributed by atoms with van der Waals surface area (Å²) in [5.41, 5.74) is 2.37. The molecule has 0 aromatic heterocycles. The van der Waals surface area contributed by atoms with Crippen LogP contribution >= 0.6 is 15.9 Å². The van der Waals surface area contributed by atoms with E-state index in [0.29, 0.717) is 25.1 Å². The second-order valence-electron chi connectivity index (χ2n) is 8.36. The van der Waals surface area contributed by atoms with Gasteiger partial charge >= 0.3 is 0 Å². The third-order valence-electron chi connectivity index (χ3n) is 6.62. The highest BCUT2D eigenvalue weighted by Crippen LogP contribution is 2.49. The zero-order chi connectivity index (χ0) is 22.4. The van der Waals surface area contributed by atoms with Crippen LogP contribution in [-0.4, -0.2) is 54.8 Å². The zero-order valence-corrected chi connectivity index (χ0v) is 19.2. The fourth-order valence-electron chi connectivity index (χ4n) is 5.27. The van der Waals surface area contributed by atoms with Gasteiger partial charge in [0.25, 0.3) is 0 Å². The van der Waals surface area contributed by atoms with Gasteiger partial charge in [-0.2, -0.15) is 0 Å². The van der Waals surface area contributed by atoms with E-state index in [1.54, 1.807) is 19.2 Å². The molecule has 2 fully saturated rings.